The average molecular weight is 353 g/mol. The molecule has 0 unspecified atom stereocenters. The number of nitrogens with zero attached hydrogens (tertiary/aromatic N) is 4. The molecule has 0 fully saturated rings. The molecule has 2 heterocycles. The van der Waals surface area contributed by atoms with Crippen molar-refractivity contribution >= 4 is 5.91 Å². The topological polar surface area (TPSA) is 103 Å². The summed E-state index contributed by atoms with van der Waals surface area (Å²) in [5.74, 6) is -0.358. The summed E-state index contributed by atoms with van der Waals surface area (Å²) in [6.45, 7) is 3.86. The molecule has 0 radical (unpaired) electrons. The van der Waals surface area contributed by atoms with Crippen molar-refractivity contribution in [1.29, 1.82) is 0 Å². The number of carbonyl (C=O) groups is 1. The van der Waals surface area contributed by atoms with Crippen molar-refractivity contribution in [1.82, 2.24) is 25.2 Å². The van der Waals surface area contributed by atoms with Crippen LogP contribution in [0.25, 0.3) is 11.3 Å². The summed E-state index contributed by atoms with van der Waals surface area (Å²) in [5.41, 5.74) is 1.26. The Balaban J connectivity index is 1.79. The molecule has 0 saturated heterocycles. The first kappa shape index (κ1) is 17.5. The van der Waals surface area contributed by atoms with Gasteiger partial charge in [0.15, 0.2) is 5.82 Å². The lowest BCUT2D eigenvalue weighted by molar-refractivity contribution is 0.0895. The van der Waals surface area contributed by atoms with Crippen LogP contribution in [-0.2, 0) is 6.54 Å². The zero-order chi connectivity index (χ0) is 18.5. The minimum absolute atomic E-state index is 0.00434. The number of hydrogen-bond acceptors (Lipinski definition) is 6. The molecule has 8 heteroatoms. The van der Waals surface area contributed by atoms with Crippen LogP contribution in [-0.4, -0.2) is 31.9 Å². The summed E-state index contributed by atoms with van der Waals surface area (Å²) in [4.78, 5) is 28.1. The van der Waals surface area contributed by atoms with E-state index in [2.05, 4.69) is 20.6 Å². The van der Waals surface area contributed by atoms with Gasteiger partial charge in [-0.1, -0.05) is 42.4 Å². The number of rotatable bonds is 6. The van der Waals surface area contributed by atoms with Crippen LogP contribution in [0, 0.1) is 0 Å². The summed E-state index contributed by atoms with van der Waals surface area (Å²) in [6.07, 6.45) is 0.790. The third kappa shape index (κ3) is 4.02. The Morgan fingerprint density at radius 2 is 2.00 bits per heavy atom. The molecule has 1 atom stereocenters. The van der Waals surface area contributed by atoms with Gasteiger partial charge in [0.25, 0.3) is 5.56 Å². The van der Waals surface area contributed by atoms with E-state index in [4.69, 9.17) is 4.52 Å². The first-order chi connectivity index (χ1) is 12.6. The standard InChI is InChI=1S/C18H19N5O3/c1-3-12(2)19-17(25)18-20-15(22-26-18)11-23-16(24)10-9-14(21-23)13-7-5-4-6-8-13/h4-10,12H,3,11H2,1-2H3,(H,19,25)/t12-/m1/s1. The molecule has 8 nitrogen and oxygen atoms in total. The van der Waals surface area contributed by atoms with Crippen molar-refractivity contribution in [2.75, 3.05) is 0 Å². The second-order valence-corrected chi connectivity index (χ2v) is 5.88. The fraction of sp³-hybridized carbons (Fsp3) is 0.278. The van der Waals surface area contributed by atoms with E-state index in [-0.39, 0.29) is 29.9 Å². The van der Waals surface area contributed by atoms with Gasteiger partial charge in [-0.25, -0.2) is 4.68 Å². The molecule has 0 saturated carbocycles. The van der Waals surface area contributed by atoms with E-state index >= 15 is 0 Å². The Morgan fingerprint density at radius 1 is 1.23 bits per heavy atom. The van der Waals surface area contributed by atoms with Crippen LogP contribution in [0.5, 0.6) is 0 Å². The van der Waals surface area contributed by atoms with E-state index in [9.17, 15) is 9.59 Å². The molecular formula is C18H19N5O3. The smallest absolute Gasteiger partial charge is 0.316 e. The van der Waals surface area contributed by atoms with E-state index < -0.39 is 5.91 Å². The maximum absolute atomic E-state index is 12.1. The summed E-state index contributed by atoms with van der Waals surface area (Å²) >= 11 is 0. The second-order valence-electron chi connectivity index (χ2n) is 5.88. The van der Waals surface area contributed by atoms with Crippen molar-refractivity contribution in [3.05, 3.63) is 64.5 Å². The lowest BCUT2D eigenvalue weighted by Gasteiger charge is -2.07. The van der Waals surface area contributed by atoms with Gasteiger partial charge < -0.3 is 9.84 Å². The molecule has 0 aliphatic heterocycles. The molecule has 0 aliphatic carbocycles. The highest BCUT2D eigenvalue weighted by atomic mass is 16.5. The molecule has 3 rings (SSSR count). The minimum Gasteiger partial charge on any atom is -0.345 e. The minimum atomic E-state index is -0.434. The first-order valence-corrected chi connectivity index (χ1v) is 8.34. The third-order valence-electron chi connectivity index (χ3n) is 3.88. The van der Waals surface area contributed by atoms with Crippen molar-refractivity contribution in [3.8, 4) is 11.3 Å². The van der Waals surface area contributed by atoms with Gasteiger partial charge >= 0.3 is 11.8 Å². The van der Waals surface area contributed by atoms with Gasteiger partial charge in [-0.05, 0) is 19.4 Å². The Labute approximate surface area is 149 Å². The number of hydrogen-bond donors (Lipinski definition) is 1. The molecule has 1 amide bonds. The quantitative estimate of drug-likeness (QED) is 0.726. The van der Waals surface area contributed by atoms with Crippen LogP contribution in [0.3, 0.4) is 0 Å². The SMILES string of the molecule is CC[C@@H](C)NC(=O)c1nc(Cn2nc(-c3ccccc3)ccc2=O)no1. The van der Waals surface area contributed by atoms with E-state index in [0.717, 1.165) is 12.0 Å². The number of aromatic nitrogens is 4. The van der Waals surface area contributed by atoms with Gasteiger partial charge in [0.1, 0.15) is 6.54 Å². The normalized spacial score (nSPS) is 11.9. The highest BCUT2D eigenvalue weighted by molar-refractivity contribution is 5.89. The monoisotopic (exact) mass is 353 g/mol. The number of carbonyl (C=O) groups excluding carboxylic acids is 1. The van der Waals surface area contributed by atoms with Crippen LogP contribution in [0.2, 0.25) is 0 Å². The van der Waals surface area contributed by atoms with E-state index in [0.29, 0.717) is 5.69 Å². The van der Waals surface area contributed by atoms with Gasteiger partial charge in [0.2, 0.25) is 0 Å². The van der Waals surface area contributed by atoms with Gasteiger partial charge in [-0.2, -0.15) is 10.1 Å². The zero-order valence-corrected chi connectivity index (χ0v) is 14.5. The molecule has 134 valence electrons. The maximum Gasteiger partial charge on any atom is 0.316 e. The van der Waals surface area contributed by atoms with Crippen LogP contribution in [0.15, 0.2) is 51.8 Å². The zero-order valence-electron chi connectivity index (χ0n) is 14.5. The van der Waals surface area contributed by atoms with E-state index in [1.165, 1.54) is 10.7 Å². The average Bonchev–Trinajstić information content (AvgIpc) is 3.13. The fourth-order valence-electron chi connectivity index (χ4n) is 2.26. The van der Waals surface area contributed by atoms with Crippen LogP contribution >= 0.6 is 0 Å². The Hall–Kier alpha value is -3.29. The lowest BCUT2D eigenvalue weighted by Crippen LogP contribution is -2.32. The summed E-state index contributed by atoms with van der Waals surface area (Å²) in [7, 11) is 0. The van der Waals surface area contributed by atoms with Gasteiger partial charge in [0, 0.05) is 17.7 Å². The summed E-state index contributed by atoms with van der Waals surface area (Å²) < 4.78 is 6.22. The van der Waals surface area contributed by atoms with Gasteiger partial charge in [-0.15, -0.1) is 0 Å². The van der Waals surface area contributed by atoms with Crippen molar-refractivity contribution < 1.29 is 9.32 Å². The lowest BCUT2D eigenvalue weighted by atomic mass is 10.1. The molecule has 0 spiro atoms. The maximum atomic E-state index is 12.1. The van der Waals surface area contributed by atoms with E-state index in [1.54, 1.807) is 6.07 Å². The largest absolute Gasteiger partial charge is 0.345 e. The summed E-state index contributed by atoms with van der Waals surface area (Å²) in [5, 5.41) is 10.8. The number of amides is 1. The molecule has 0 aliphatic rings. The molecule has 1 aromatic carbocycles. The van der Waals surface area contributed by atoms with Crippen molar-refractivity contribution in [2.45, 2.75) is 32.9 Å². The molecule has 26 heavy (non-hydrogen) atoms. The molecule has 2 aromatic heterocycles. The fourth-order valence-corrected chi connectivity index (χ4v) is 2.26. The molecule has 3 aromatic rings. The Morgan fingerprint density at radius 3 is 2.73 bits per heavy atom. The van der Waals surface area contributed by atoms with E-state index in [1.807, 2.05) is 44.2 Å². The highest BCUT2D eigenvalue weighted by Crippen LogP contribution is 2.14. The number of benzene rings is 1. The van der Waals surface area contributed by atoms with Crippen molar-refractivity contribution in [2.24, 2.45) is 0 Å². The number of nitrogens with one attached hydrogen (secondary N) is 1. The molecule has 1 N–H and O–H groups in total. The van der Waals surface area contributed by atoms with Crippen LogP contribution < -0.4 is 10.9 Å². The summed E-state index contributed by atoms with van der Waals surface area (Å²) in [6, 6.07) is 12.6. The van der Waals surface area contributed by atoms with Crippen molar-refractivity contribution in [3.63, 3.8) is 0 Å². The van der Waals surface area contributed by atoms with Crippen LogP contribution in [0.4, 0.5) is 0 Å². The highest BCUT2D eigenvalue weighted by Gasteiger charge is 2.17. The second kappa shape index (κ2) is 7.73. The van der Waals surface area contributed by atoms with Crippen LogP contribution in [0.1, 0.15) is 36.8 Å². The molecule has 0 bridgehead atoms. The Kier molecular flexibility index (Phi) is 5.21. The predicted octanol–water partition coefficient (Wildman–Crippen LogP) is 1.87. The Bertz CT molecular complexity index is 949. The first-order valence-electron chi connectivity index (χ1n) is 8.34. The third-order valence-corrected chi connectivity index (χ3v) is 3.88. The molecular weight excluding hydrogens is 334 g/mol. The van der Waals surface area contributed by atoms with Gasteiger partial charge in [0.05, 0.1) is 5.69 Å². The predicted molar refractivity (Wildman–Crippen MR) is 94.6 cm³/mol. The van der Waals surface area contributed by atoms with Gasteiger partial charge in [-0.3, -0.25) is 9.59 Å².